The van der Waals surface area contributed by atoms with Crippen molar-refractivity contribution in [3.8, 4) is 6.07 Å². The fourth-order valence-electron chi connectivity index (χ4n) is 2.20. The lowest BCUT2D eigenvalue weighted by molar-refractivity contribution is 0.0645. The smallest absolute Gasteiger partial charge is 0.253 e. The summed E-state index contributed by atoms with van der Waals surface area (Å²) in [4.78, 5) is 16.5. The van der Waals surface area contributed by atoms with E-state index in [1.54, 1.807) is 24.3 Å². The van der Waals surface area contributed by atoms with E-state index < -0.39 is 0 Å². The highest BCUT2D eigenvalue weighted by molar-refractivity contribution is 9.09. The van der Waals surface area contributed by atoms with Crippen LogP contribution in [-0.4, -0.2) is 53.8 Å². The molecule has 0 aliphatic carbocycles. The van der Waals surface area contributed by atoms with Crippen LogP contribution in [0, 0.1) is 11.3 Å². The van der Waals surface area contributed by atoms with Crippen molar-refractivity contribution in [1.29, 1.82) is 5.26 Å². The lowest BCUT2D eigenvalue weighted by atomic mass is 10.1. The van der Waals surface area contributed by atoms with Crippen molar-refractivity contribution >= 4 is 21.8 Å². The number of halogens is 1. The molecule has 1 saturated heterocycles. The van der Waals surface area contributed by atoms with Crippen molar-refractivity contribution in [1.82, 2.24) is 9.80 Å². The summed E-state index contributed by atoms with van der Waals surface area (Å²) in [6.45, 7) is 4.35. The molecule has 5 heteroatoms. The molecule has 0 radical (unpaired) electrons. The first-order chi connectivity index (χ1) is 9.24. The monoisotopic (exact) mass is 321 g/mol. The minimum absolute atomic E-state index is 0.0237. The predicted octanol–water partition coefficient (Wildman–Crippen LogP) is 1.71. The van der Waals surface area contributed by atoms with E-state index in [0.29, 0.717) is 11.1 Å². The molecule has 1 amide bonds. The van der Waals surface area contributed by atoms with Crippen LogP contribution >= 0.6 is 15.9 Å². The molecule has 19 heavy (non-hydrogen) atoms. The zero-order valence-electron chi connectivity index (χ0n) is 10.7. The molecule has 1 aliphatic rings. The normalized spacial score (nSPS) is 16.1. The van der Waals surface area contributed by atoms with Crippen molar-refractivity contribution < 1.29 is 4.79 Å². The molecular formula is C14H16BrN3O. The van der Waals surface area contributed by atoms with Gasteiger partial charge in [-0.15, -0.1) is 0 Å². The third kappa shape index (κ3) is 3.55. The molecule has 0 aromatic heterocycles. The van der Waals surface area contributed by atoms with Crippen molar-refractivity contribution in [2.24, 2.45) is 0 Å². The highest BCUT2D eigenvalue weighted by atomic mass is 79.9. The van der Waals surface area contributed by atoms with Crippen LogP contribution in [-0.2, 0) is 0 Å². The summed E-state index contributed by atoms with van der Waals surface area (Å²) < 4.78 is 0. The molecule has 1 aromatic carbocycles. The van der Waals surface area contributed by atoms with Gasteiger partial charge in [-0.25, -0.2) is 0 Å². The van der Waals surface area contributed by atoms with Crippen LogP contribution in [0.3, 0.4) is 0 Å². The number of rotatable bonds is 3. The molecule has 0 atom stereocenters. The lowest BCUT2D eigenvalue weighted by Gasteiger charge is -2.34. The quantitative estimate of drug-likeness (QED) is 0.796. The Kier molecular flexibility index (Phi) is 4.94. The molecule has 100 valence electrons. The van der Waals surface area contributed by atoms with Gasteiger partial charge in [0.1, 0.15) is 0 Å². The Hall–Kier alpha value is -1.38. The molecular weight excluding hydrogens is 306 g/mol. The van der Waals surface area contributed by atoms with E-state index >= 15 is 0 Å². The van der Waals surface area contributed by atoms with Crippen molar-refractivity contribution in [3.05, 3.63) is 35.4 Å². The third-order valence-electron chi connectivity index (χ3n) is 3.30. The summed E-state index contributed by atoms with van der Waals surface area (Å²) in [5.41, 5.74) is 1.14. The topological polar surface area (TPSA) is 47.3 Å². The van der Waals surface area contributed by atoms with Crippen LogP contribution in [0.1, 0.15) is 15.9 Å². The second kappa shape index (κ2) is 6.69. The van der Waals surface area contributed by atoms with Crippen LogP contribution in [0.4, 0.5) is 0 Å². The second-order valence-corrected chi connectivity index (χ2v) is 5.31. The first kappa shape index (κ1) is 14.0. The Bertz CT molecular complexity index is 490. The lowest BCUT2D eigenvalue weighted by Crippen LogP contribution is -2.49. The fraction of sp³-hybridized carbons (Fsp3) is 0.429. The van der Waals surface area contributed by atoms with E-state index in [2.05, 4.69) is 26.9 Å². The third-order valence-corrected chi connectivity index (χ3v) is 3.65. The maximum absolute atomic E-state index is 12.3. The number of alkyl halides is 1. The number of nitriles is 1. The molecule has 0 saturated carbocycles. The standard InChI is InChI=1S/C14H16BrN3O/c15-4-5-17-6-8-18(9-7-17)14(19)13-3-1-2-12(10-13)11-16/h1-3,10H,4-9H2. The van der Waals surface area contributed by atoms with Gasteiger partial charge in [-0.05, 0) is 18.2 Å². The second-order valence-electron chi connectivity index (χ2n) is 4.52. The maximum atomic E-state index is 12.3. The highest BCUT2D eigenvalue weighted by Crippen LogP contribution is 2.10. The average Bonchev–Trinajstić information content (AvgIpc) is 2.48. The first-order valence-electron chi connectivity index (χ1n) is 6.32. The van der Waals surface area contributed by atoms with E-state index in [4.69, 9.17) is 5.26 Å². The Morgan fingerprint density at radius 3 is 2.68 bits per heavy atom. The van der Waals surface area contributed by atoms with Gasteiger partial charge in [0.25, 0.3) is 5.91 Å². The van der Waals surface area contributed by atoms with Crippen LogP contribution < -0.4 is 0 Å². The summed E-state index contributed by atoms with van der Waals surface area (Å²) >= 11 is 3.43. The number of amides is 1. The van der Waals surface area contributed by atoms with E-state index in [9.17, 15) is 4.79 Å². The first-order valence-corrected chi connectivity index (χ1v) is 7.44. The van der Waals surface area contributed by atoms with E-state index in [0.717, 1.165) is 38.1 Å². The predicted molar refractivity (Wildman–Crippen MR) is 77.3 cm³/mol. The summed E-state index contributed by atoms with van der Waals surface area (Å²) in [5, 5.41) is 9.83. The minimum Gasteiger partial charge on any atom is -0.336 e. The largest absolute Gasteiger partial charge is 0.336 e. The van der Waals surface area contributed by atoms with Gasteiger partial charge in [-0.1, -0.05) is 22.0 Å². The number of hydrogen-bond donors (Lipinski definition) is 0. The molecule has 0 N–H and O–H groups in total. The van der Waals surface area contributed by atoms with Crippen molar-refractivity contribution in [2.45, 2.75) is 0 Å². The fourth-order valence-corrected chi connectivity index (χ4v) is 2.70. The summed E-state index contributed by atoms with van der Waals surface area (Å²) in [6, 6.07) is 8.97. The zero-order chi connectivity index (χ0) is 13.7. The number of nitrogens with zero attached hydrogens (tertiary/aromatic N) is 3. The highest BCUT2D eigenvalue weighted by Gasteiger charge is 2.21. The molecule has 0 spiro atoms. The van der Waals surface area contributed by atoms with Gasteiger partial charge in [0.2, 0.25) is 0 Å². The number of carbonyl (C=O) groups is 1. The van der Waals surface area contributed by atoms with Gasteiger partial charge in [0.05, 0.1) is 11.6 Å². The molecule has 1 fully saturated rings. The Balaban J connectivity index is 1.99. The SMILES string of the molecule is N#Cc1cccc(C(=O)N2CCN(CCBr)CC2)c1. The van der Waals surface area contributed by atoms with Crippen molar-refractivity contribution in [3.63, 3.8) is 0 Å². The summed E-state index contributed by atoms with van der Waals surface area (Å²) in [7, 11) is 0. The number of carbonyl (C=O) groups excluding carboxylic acids is 1. The van der Waals surface area contributed by atoms with Gasteiger partial charge in [0.15, 0.2) is 0 Å². The molecule has 4 nitrogen and oxygen atoms in total. The average molecular weight is 322 g/mol. The van der Waals surface area contributed by atoms with E-state index in [-0.39, 0.29) is 5.91 Å². The van der Waals surface area contributed by atoms with Crippen LogP contribution in [0.15, 0.2) is 24.3 Å². The molecule has 1 aliphatic heterocycles. The van der Waals surface area contributed by atoms with Gasteiger partial charge in [-0.3, -0.25) is 9.69 Å². The van der Waals surface area contributed by atoms with E-state index in [1.807, 2.05) is 4.90 Å². The number of benzene rings is 1. The van der Waals surface area contributed by atoms with Crippen LogP contribution in [0.25, 0.3) is 0 Å². The van der Waals surface area contributed by atoms with Gasteiger partial charge < -0.3 is 4.90 Å². The number of hydrogen-bond acceptors (Lipinski definition) is 3. The molecule has 1 aromatic rings. The van der Waals surface area contributed by atoms with Crippen LogP contribution in [0.5, 0.6) is 0 Å². The minimum atomic E-state index is 0.0237. The van der Waals surface area contributed by atoms with Crippen LogP contribution in [0.2, 0.25) is 0 Å². The maximum Gasteiger partial charge on any atom is 0.253 e. The number of piperazine rings is 1. The summed E-state index contributed by atoms with van der Waals surface area (Å²) in [6.07, 6.45) is 0. The molecule has 0 bridgehead atoms. The van der Waals surface area contributed by atoms with Crippen molar-refractivity contribution in [2.75, 3.05) is 38.1 Å². The Morgan fingerprint density at radius 1 is 1.32 bits per heavy atom. The molecule has 1 heterocycles. The zero-order valence-corrected chi connectivity index (χ0v) is 12.3. The van der Waals surface area contributed by atoms with Gasteiger partial charge in [0, 0.05) is 43.6 Å². The van der Waals surface area contributed by atoms with Gasteiger partial charge >= 0.3 is 0 Å². The summed E-state index contributed by atoms with van der Waals surface area (Å²) in [5.74, 6) is 0.0237. The Morgan fingerprint density at radius 2 is 2.05 bits per heavy atom. The Labute approximate surface area is 121 Å². The molecule has 2 rings (SSSR count). The van der Waals surface area contributed by atoms with Gasteiger partial charge in [-0.2, -0.15) is 5.26 Å². The molecule has 0 unspecified atom stereocenters. The van der Waals surface area contributed by atoms with E-state index in [1.165, 1.54) is 0 Å².